The van der Waals surface area contributed by atoms with Gasteiger partial charge < -0.3 is 0 Å². The highest BCUT2D eigenvalue weighted by atomic mass is 32.1. The summed E-state index contributed by atoms with van der Waals surface area (Å²) in [5, 5.41) is 3.90. The molecule has 2 heterocycles. The molecular weight excluding hydrogens is 190 g/mol. The van der Waals surface area contributed by atoms with Gasteiger partial charge >= 0.3 is 0 Å². The molecule has 0 unspecified atom stereocenters. The van der Waals surface area contributed by atoms with E-state index in [1.54, 1.807) is 11.3 Å². The van der Waals surface area contributed by atoms with E-state index in [0.29, 0.717) is 0 Å². The van der Waals surface area contributed by atoms with Gasteiger partial charge in [0.15, 0.2) is 5.01 Å². The van der Waals surface area contributed by atoms with Gasteiger partial charge in [0.1, 0.15) is 5.01 Å². The van der Waals surface area contributed by atoms with Crippen LogP contribution in [0.3, 0.4) is 0 Å². The SMILES string of the molecule is Cc1csc(-c2nsc(C)n2)n1. The number of nitrogens with zero attached hydrogens (tertiary/aromatic N) is 3. The molecular formula is C7H7N3S2. The van der Waals surface area contributed by atoms with Crippen molar-refractivity contribution in [2.75, 3.05) is 0 Å². The Kier molecular flexibility index (Phi) is 1.90. The lowest BCUT2D eigenvalue weighted by molar-refractivity contribution is 1.20. The Morgan fingerprint density at radius 3 is 2.58 bits per heavy atom. The smallest absolute Gasteiger partial charge is 0.202 e. The molecule has 5 heteroatoms. The van der Waals surface area contributed by atoms with Crippen LogP contribution in [-0.4, -0.2) is 14.3 Å². The number of aromatic nitrogens is 3. The van der Waals surface area contributed by atoms with E-state index in [1.165, 1.54) is 11.5 Å². The van der Waals surface area contributed by atoms with Crippen molar-refractivity contribution in [3.63, 3.8) is 0 Å². The average Bonchev–Trinajstić information content (AvgIpc) is 2.58. The van der Waals surface area contributed by atoms with E-state index in [-0.39, 0.29) is 0 Å². The fourth-order valence-electron chi connectivity index (χ4n) is 0.843. The van der Waals surface area contributed by atoms with Gasteiger partial charge in [0, 0.05) is 11.1 Å². The van der Waals surface area contributed by atoms with Crippen molar-refractivity contribution in [1.82, 2.24) is 14.3 Å². The van der Waals surface area contributed by atoms with Gasteiger partial charge in [-0.25, -0.2) is 9.97 Å². The summed E-state index contributed by atoms with van der Waals surface area (Å²) < 4.78 is 4.18. The maximum atomic E-state index is 4.29. The summed E-state index contributed by atoms with van der Waals surface area (Å²) in [6.07, 6.45) is 0. The van der Waals surface area contributed by atoms with Crippen LogP contribution >= 0.6 is 22.9 Å². The number of rotatable bonds is 1. The van der Waals surface area contributed by atoms with Crippen molar-refractivity contribution >= 4 is 22.9 Å². The lowest BCUT2D eigenvalue weighted by atomic mass is 10.5. The molecule has 0 fully saturated rings. The molecule has 0 radical (unpaired) electrons. The Hall–Kier alpha value is -0.810. The minimum atomic E-state index is 0.760. The van der Waals surface area contributed by atoms with Crippen LogP contribution in [0.4, 0.5) is 0 Å². The summed E-state index contributed by atoms with van der Waals surface area (Å²) in [5.41, 5.74) is 1.03. The Labute approximate surface area is 78.3 Å². The largest absolute Gasteiger partial charge is 0.238 e. The first-order valence-corrected chi connectivity index (χ1v) is 5.14. The first-order chi connectivity index (χ1) is 5.75. The van der Waals surface area contributed by atoms with Gasteiger partial charge in [-0.15, -0.1) is 11.3 Å². The van der Waals surface area contributed by atoms with E-state index in [2.05, 4.69) is 14.3 Å². The van der Waals surface area contributed by atoms with Gasteiger partial charge in [-0.05, 0) is 25.4 Å². The summed E-state index contributed by atoms with van der Waals surface area (Å²) in [4.78, 5) is 8.54. The molecule has 0 aliphatic carbocycles. The van der Waals surface area contributed by atoms with Gasteiger partial charge in [0.2, 0.25) is 5.82 Å². The van der Waals surface area contributed by atoms with E-state index in [4.69, 9.17) is 0 Å². The minimum Gasteiger partial charge on any atom is -0.238 e. The molecule has 0 atom stereocenters. The third kappa shape index (κ3) is 1.37. The van der Waals surface area contributed by atoms with Crippen molar-refractivity contribution in [2.45, 2.75) is 13.8 Å². The van der Waals surface area contributed by atoms with Gasteiger partial charge in [-0.1, -0.05) is 0 Å². The standard InChI is InChI=1S/C7H7N3S2/c1-4-3-11-7(8-4)6-9-5(2)12-10-6/h3H,1-2H3. The normalized spacial score (nSPS) is 10.5. The monoisotopic (exact) mass is 197 g/mol. The van der Waals surface area contributed by atoms with Crippen molar-refractivity contribution in [1.29, 1.82) is 0 Å². The second-order valence-corrected chi connectivity index (χ2v) is 4.25. The topological polar surface area (TPSA) is 38.7 Å². The zero-order chi connectivity index (χ0) is 8.55. The fourth-order valence-corrected chi connectivity index (χ4v) is 2.10. The molecule has 0 bridgehead atoms. The molecule has 2 rings (SSSR count). The van der Waals surface area contributed by atoms with Crippen LogP contribution in [0.1, 0.15) is 10.7 Å². The minimum absolute atomic E-state index is 0.760. The first kappa shape index (κ1) is 7.82. The Morgan fingerprint density at radius 2 is 2.08 bits per heavy atom. The first-order valence-electron chi connectivity index (χ1n) is 3.48. The van der Waals surface area contributed by atoms with Gasteiger partial charge in [-0.2, -0.15) is 4.37 Å². The van der Waals surface area contributed by atoms with Crippen LogP contribution in [0.2, 0.25) is 0 Å². The highest BCUT2D eigenvalue weighted by molar-refractivity contribution is 7.13. The molecule has 0 N–H and O–H groups in total. The molecule has 2 aromatic heterocycles. The lowest BCUT2D eigenvalue weighted by Crippen LogP contribution is -1.79. The van der Waals surface area contributed by atoms with E-state index in [1.807, 2.05) is 19.2 Å². The van der Waals surface area contributed by atoms with Crippen LogP contribution in [0.15, 0.2) is 5.38 Å². The summed E-state index contributed by atoms with van der Waals surface area (Å²) in [7, 11) is 0. The molecule has 0 aromatic carbocycles. The van der Waals surface area contributed by atoms with E-state index < -0.39 is 0 Å². The van der Waals surface area contributed by atoms with Crippen molar-refractivity contribution in [2.24, 2.45) is 0 Å². The third-order valence-corrected chi connectivity index (χ3v) is 2.91. The highest BCUT2D eigenvalue weighted by Crippen LogP contribution is 2.21. The number of hydrogen-bond acceptors (Lipinski definition) is 5. The molecule has 0 aliphatic rings. The quantitative estimate of drug-likeness (QED) is 0.704. The highest BCUT2D eigenvalue weighted by Gasteiger charge is 2.06. The number of aryl methyl sites for hydroxylation is 2. The average molecular weight is 197 g/mol. The maximum Gasteiger partial charge on any atom is 0.202 e. The van der Waals surface area contributed by atoms with Gasteiger partial charge in [0.25, 0.3) is 0 Å². The summed E-state index contributed by atoms with van der Waals surface area (Å²) in [6, 6.07) is 0. The van der Waals surface area contributed by atoms with E-state index in [9.17, 15) is 0 Å². The van der Waals surface area contributed by atoms with Crippen LogP contribution in [0.25, 0.3) is 10.8 Å². The second kappa shape index (κ2) is 2.91. The molecule has 12 heavy (non-hydrogen) atoms. The molecule has 2 aromatic rings. The molecule has 0 aliphatic heterocycles. The van der Waals surface area contributed by atoms with E-state index >= 15 is 0 Å². The molecule has 0 spiro atoms. The van der Waals surface area contributed by atoms with Crippen molar-refractivity contribution in [3.05, 3.63) is 16.1 Å². The Morgan fingerprint density at radius 1 is 1.25 bits per heavy atom. The van der Waals surface area contributed by atoms with Gasteiger partial charge in [-0.3, -0.25) is 0 Å². The second-order valence-electron chi connectivity index (χ2n) is 2.43. The Bertz CT molecular complexity index is 353. The molecule has 62 valence electrons. The predicted molar refractivity (Wildman–Crippen MR) is 50.5 cm³/mol. The number of thiazole rings is 1. The van der Waals surface area contributed by atoms with Crippen molar-refractivity contribution in [3.8, 4) is 10.8 Å². The van der Waals surface area contributed by atoms with Crippen LogP contribution < -0.4 is 0 Å². The number of hydrogen-bond donors (Lipinski definition) is 0. The van der Waals surface area contributed by atoms with Crippen molar-refractivity contribution < 1.29 is 0 Å². The predicted octanol–water partition coefficient (Wildman–Crippen LogP) is 2.28. The Balaban J connectivity index is 2.43. The fraction of sp³-hybridized carbons (Fsp3) is 0.286. The zero-order valence-corrected chi connectivity index (χ0v) is 8.37. The molecule has 0 saturated carbocycles. The van der Waals surface area contributed by atoms with E-state index in [0.717, 1.165) is 21.5 Å². The zero-order valence-electron chi connectivity index (χ0n) is 6.74. The summed E-state index contributed by atoms with van der Waals surface area (Å²) >= 11 is 3.00. The molecule has 0 saturated heterocycles. The maximum absolute atomic E-state index is 4.29. The molecule has 0 amide bonds. The third-order valence-electron chi connectivity index (χ3n) is 1.34. The van der Waals surface area contributed by atoms with Gasteiger partial charge in [0.05, 0.1) is 0 Å². The van der Waals surface area contributed by atoms with Crippen LogP contribution in [0.5, 0.6) is 0 Å². The molecule has 3 nitrogen and oxygen atoms in total. The van der Waals surface area contributed by atoms with Crippen LogP contribution in [0, 0.1) is 13.8 Å². The van der Waals surface area contributed by atoms with Crippen LogP contribution in [-0.2, 0) is 0 Å². The lowest BCUT2D eigenvalue weighted by Gasteiger charge is -1.82. The summed E-state index contributed by atoms with van der Waals surface area (Å²) in [5.74, 6) is 0.760. The summed E-state index contributed by atoms with van der Waals surface area (Å²) in [6.45, 7) is 3.92.